The summed E-state index contributed by atoms with van der Waals surface area (Å²) in [6.45, 7) is 3.72. The van der Waals surface area contributed by atoms with Gasteiger partial charge in [-0.25, -0.2) is 4.98 Å². The van der Waals surface area contributed by atoms with Crippen LogP contribution in [-0.4, -0.2) is 39.6 Å². The summed E-state index contributed by atoms with van der Waals surface area (Å²) in [5, 5.41) is 7.65. The lowest BCUT2D eigenvalue weighted by molar-refractivity contribution is -0.117. The van der Waals surface area contributed by atoms with Gasteiger partial charge in [-0.05, 0) is 37.7 Å². The fraction of sp³-hybridized carbons (Fsp3) is 0.409. The Labute approximate surface area is 169 Å². The number of piperidine rings is 1. The Morgan fingerprint density at radius 3 is 2.69 bits per heavy atom. The van der Waals surface area contributed by atoms with Crippen LogP contribution >= 0.6 is 0 Å². The lowest BCUT2D eigenvalue weighted by Gasteiger charge is -2.32. The number of anilines is 2. The summed E-state index contributed by atoms with van der Waals surface area (Å²) < 4.78 is 1.87. The average molecular weight is 390 g/mol. The first-order valence-electron chi connectivity index (χ1n) is 10.3. The molecule has 0 radical (unpaired) electrons. The topological polar surface area (TPSA) is 88.5 Å². The molecular formula is C22H26N6O. The molecular weight excluding hydrogens is 364 g/mol. The number of nitrogens with zero attached hydrogens (tertiary/aromatic N) is 4. The molecule has 1 saturated heterocycles. The van der Waals surface area contributed by atoms with Crippen molar-refractivity contribution in [1.29, 1.82) is 0 Å². The molecule has 1 amide bonds. The molecule has 0 bridgehead atoms. The number of nitrogens with one attached hydrogen (secondary N) is 1. The Balaban J connectivity index is 1.38. The number of nitrogens with two attached hydrogens (primary N) is 1. The van der Waals surface area contributed by atoms with Crippen molar-refractivity contribution in [1.82, 2.24) is 14.6 Å². The highest BCUT2D eigenvalue weighted by molar-refractivity contribution is 5.95. The zero-order chi connectivity index (χ0) is 20.0. The van der Waals surface area contributed by atoms with Crippen LogP contribution in [0, 0.1) is 12.8 Å². The Bertz CT molecular complexity index is 1040. The van der Waals surface area contributed by atoms with Crippen LogP contribution in [-0.2, 0) is 4.79 Å². The molecule has 2 fully saturated rings. The Morgan fingerprint density at radius 2 is 1.93 bits per heavy atom. The number of fused-ring (bicyclic) bond motifs is 1. The third kappa shape index (κ3) is 3.58. The van der Waals surface area contributed by atoms with Crippen LogP contribution in [0.25, 0.3) is 5.65 Å². The monoisotopic (exact) mass is 390 g/mol. The molecule has 3 aromatic rings. The quantitative estimate of drug-likeness (QED) is 0.715. The van der Waals surface area contributed by atoms with E-state index in [9.17, 15) is 4.79 Å². The maximum atomic E-state index is 12.8. The van der Waals surface area contributed by atoms with Crippen LogP contribution < -0.4 is 16.0 Å². The second kappa shape index (κ2) is 7.15. The minimum absolute atomic E-state index is 0.0125. The van der Waals surface area contributed by atoms with Crippen molar-refractivity contribution >= 4 is 23.2 Å². The van der Waals surface area contributed by atoms with Crippen LogP contribution in [0.2, 0.25) is 0 Å². The summed E-state index contributed by atoms with van der Waals surface area (Å²) in [5.74, 6) is 1.91. The van der Waals surface area contributed by atoms with E-state index in [1.165, 1.54) is 5.56 Å². The summed E-state index contributed by atoms with van der Waals surface area (Å²) in [4.78, 5) is 19.7. The molecule has 2 aromatic heterocycles. The van der Waals surface area contributed by atoms with Gasteiger partial charge in [0.25, 0.3) is 0 Å². The van der Waals surface area contributed by atoms with E-state index in [1.54, 1.807) is 0 Å². The number of aromatic nitrogens is 3. The van der Waals surface area contributed by atoms with E-state index >= 15 is 0 Å². The van der Waals surface area contributed by atoms with Gasteiger partial charge in [0.05, 0.1) is 5.69 Å². The minimum Gasteiger partial charge on any atom is -0.356 e. The first-order chi connectivity index (χ1) is 14.1. The first-order valence-corrected chi connectivity index (χ1v) is 10.3. The number of amides is 1. The van der Waals surface area contributed by atoms with Crippen LogP contribution in [0.15, 0.2) is 42.5 Å². The lowest BCUT2D eigenvalue weighted by atomic mass is 10.1. The van der Waals surface area contributed by atoms with Crippen molar-refractivity contribution in [2.24, 2.45) is 11.7 Å². The number of benzene rings is 1. The van der Waals surface area contributed by atoms with Crippen molar-refractivity contribution in [2.75, 3.05) is 23.3 Å². The van der Waals surface area contributed by atoms with Crippen molar-refractivity contribution in [3.63, 3.8) is 0 Å². The van der Waals surface area contributed by atoms with E-state index in [1.807, 2.05) is 41.8 Å². The first kappa shape index (κ1) is 18.1. The molecule has 3 N–H and O–H groups in total. The molecule has 1 saturated carbocycles. The van der Waals surface area contributed by atoms with Crippen molar-refractivity contribution in [3.05, 3.63) is 53.7 Å². The van der Waals surface area contributed by atoms with E-state index in [-0.39, 0.29) is 17.9 Å². The number of hydrogen-bond donors (Lipinski definition) is 2. The highest BCUT2D eigenvalue weighted by atomic mass is 16.2. The lowest BCUT2D eigenvalue weighted by Crippen LogP contribution is -2.40. The average Bonchev–Trinajstić information content (AvgIpc) is 3.44. The third-order valence-corrected chi connectivity index (χ3v) is 6.00. The number of rotatable bonds is 4. The summed E-state index contributed by atoms with van der Waals surface area (Å²) in [5.41, 5.74) is 8.96. The van der Waals surface area contributed by atoms with Crippen LogP contribution in [0.1, 0.15) is 36.4 Å². The molecule has 7 nitrogen and oxygen atoms in total. The summed E-state index contributed by atoms with van der Waals surface area (Å²) >= 11 is 0. The number of carbonyl (C=O) groups excluding carboxylic acids is 1. The molecule has 0 unspecified atom stereocenters. The van der Waals surface area contributed by atoms with E-state index in [0.29, 0.717) is 11.7 Å². The third-order valence-electron chi connectivity index (χ3n) is 6.00. The molecule has 150 valence electrons. The van der Waals surface area contributed by atoms with Gasteiger partial charge in [-0.1, -0.05) is 30.3 Å². The van der Waals surface area contributed by atoms with Gasteiger partial charge in [-0.3, -0.25) is 4.79 Å². The number of carbonyl (C=O) groups is 1. The molecule has 29 heavy (non-hydrogen) atoms. The fourth-order valence-electron chi connectivity index (χ4n) is 4.26. The second-order valence-electron chi connectivity index (χ2n) is 8.23. The van der Waals surface area contributed by atoms with Gasteiger partial charge in [0.15, 0.2) is 5.65 Å². The number of hydrogen-bond acceptors (Lipinski definition) is 5. The smallest absolute Gasteiger partial charge is 0.229 e. The maximum Gasteiger partial charge on any atom is 0.229 e. The predicted octanol–water partition coefficient (Wildman–Crippen LogP) is 2.71. The molecule has 2 atom stereocenters. The van der Waals surface area contributed by atoms with Crippen LogP contribution in [0.4, 0.5) is 11.6 Å². The van der Waals surface area contributed by atoms with Crippen molar-refractivity contribution < 1.29 is 4.79 Å². The van der Waals surface area contributed by atoms with Crippen molar-refractivity contribution in [3.8, 4) is 0 Å². The van der Waals surface area contributed by atoms with Gasteiger partial charge < -0.3 is 16.0 Å². The van der Waals surface area contributed by atoms with Gasteiger partial charge in [0, 0.05) is 37.2 Å². The zero-order valence-corrected chi connectivity index (χ0v) is 16.6. The molecule has 5 rings (SSSR count). The molecule has 0 spiro atoms. The molecule has 1 aromatic carbocycles. The van der Waals surface area contributed by atoms with Gasteiger partial charge in [-0.2, -0.15) is 9.61 Å². The Kier molecular flexibility index (Phi) is 4.47. The molecule has 1 aliphatic carbocycles. The zero-order valence-electron chi connectivity index (χ0n) is 16.6. The highest BCUT2D eigenvalue weighted by Crippen LogP contribution is 2.47. The maximum absolute atomic E-state index is 12.8. The van der Waals surface area contributed by atoms with E-state index in [2.05, 4.69) is 32.4 Å². The second-order valence-corrected chi connectivity index (χ2v) is 8.23. The van der Waals surface area contributed by atoms with Gasteiger partial charge >= 0.3 is 0 Å². The van der Waals surface area contributed by atoms with E-state index < -0.39 is 0 Å². The normalized spacial score (nSPS) is 22.1. The highest BCUT2D eigenvalue weighted by Gasteiger charge is 2.44. The predicted molar refractivity (Wildman–Crippen MR) is 113 cm³/mol. The summed E-state index contributed by atoms with van der Waals surface area (Å²) in [6.07, 6.45) is 2.79. The van der Waals surface area contributed by atoms with E-state index in [0.717, 1.165) is 49.5 Å². The van der Waals surface area contributed by atoms with Gasteiger partial charge in [0.1, 0.15) is 11.6 Å². The van der Waals surface area contributed by atoms with Gasteiger partial charge in [-0.15, -0.1) is 0 Å². The largest absolute Gasteiger partial charge is 0.356 e. The number of aryl methyl sites for hydroxylation is 1. The molecule has 2 aliphatic rings. The fourth-order valence-corrected chi connectivity index (χ4v) is 4.26. The summed E-state index contributed by atoms with van der Waals surface area (Å²) in [7, 11) is 0. The van der Waals surface area contributed by atoms with Crippen LogP contribution in [0.3, 0.4) is 0 Å². The van der Waals surface area contributed by atoms with Crippen molar-refractivity contribution in [2.45, 2.75) is 38.1 Å². The standard InChI is InChI=1S/C22H26N6O/c1-14-11-20-24-19(13-21(28(20)26-14)27-9-7-16(23)8-10-27)25-22(29)18-12-17(18)15-5-3-2-4-6-15/h2-6,11,13,16-18H,7-10,12,23H2,1H3,(H,24,25,29)/t17-,18+/m0/s1. The summed E-state index contributed by atoms with van der Waals surface area (Å²) in [6, 6.07) is 14.4. The van der Waals surface area contributed by atoms with Gasteiger partial charge in [0.2, 0.25) is 5.91 Å². The molecule has 3 heterocycles. The molecule has 1 aliphatic heterocycles. The van der Waals surface area contributed by atoms with E-state index in [4.69, 9.17) is 5.73 Å². The Hall–Kier alpha value is -2.93. The Morgan fingerprint density at radius 1 is 1.17 bits per heavy atom. The molecule has 7 heteroatoms. The van der Waals surface area contributed by atoms with Crippen LogP contribution in [0.5, 0.6) is 0 Å². The minimum atomic E-state index is 0.0125. The SMILES string of the molecule is Cc1cc2nc(NC(=O)[C@@H]3C[C@H]3c3ccccc3)cc(N3CCC(N)CC3)n2n1.